The summed E-state index contributed by atoms with van der Waals surface area (Å²) in [5.74, 6) is 2.29. The van der Waals surface area contributed by atoms with Gasteiger partial charge in [0.2, 0.25) is 0 Å². The lowest BCUT2D eigenvalue weighted by molar-refractivity contribution is 0.0435. The molecule has 33 heavy (non-hydrogen) atoms. The smallest absolute Gasteiger partial charge is 0.0618 e. The first-order valence-electron chi connectivity index (χ1n) is 13.8. The predicted molar refractivity (Wildman–Crippen MR) is 140 cm³/mol. The first-order valence-corrected chi connectivity index (χ1v) is 13.8. The summed E-state index contributed by atoms with van der Waals surface area (Å²) in [6.45, 7) is 14.8. The minimum absolute atomic E-state index is 0.323. The lowest BCUT2D eigenvalue weighted by Gasteiger charge is -2.44. The van der Waals surface area contributed by atoms with E-state index < -0.39 is 5.60 Å². The van der Waals surface area contributed by atoms with Crippen LogP contribution in [0.25, 0.3) is 0 Å². The molecule has 5 atom stereocenters. The maximum atomic E-state index is 10.1. The highest BCUT2D eigenvalue weighted by Gasteiger charge is 2.50. The van der Waals surface area contributed by atoms with E-state index in [9.17, 15) is 5.11 Å². The van der Waals surface area contributed by atoms with E-state index in [4.69, 9.17) is 10.5 Å². The second kappa shape index (κ2) is 11.7. The van der Waals surface area contributed by atoms with Crippen LogP contribution >= 0.6 is 0 Å². The van der Waals surface area contributed by atoms with Crippen molar-refractivity contribution in [2.45, 2.75) is 116 Å². The molecule has 0 heterocycles. The Balaban J connectivity index is 1.64. The zero-order valence-electron chi connectivity index (χ0n) is 22.0. The lowest BCUT2D eigenvalue weighted by Crippen LogP contribution is -2.36. The van der Waals surface area contributed by atoms with Gasteiger partial charge in [0.1, 0.15) is 0 Å². The zero-order chi connectivity index (χ0) is 24.1. The molecule has 0 aromatic heterocycles. The number of ether oxygens (including phenoxy) is 1. The molecular formula is C30H51NO2. The topological polar surface area (TPSA) is 55.5 Å². The van der Waals surface area contributed by atoms with Gasteiger partial charge in [0.15, 0.2) is 0 Å². The van der Waals surface area contributed by atoms with Crippen LogP contribution in [0, 0.1) is 23.2 Å². The van der Waals surface area contributed by atoms with Gasteiger partial charge < -0.3 is 15.6 Å². The van der Waals surface area contributed by atoms with E-state index in [-0.39, 0.29) is 0 Å². The fourth-order valence-corrected chi connectivity index (χ4v) is 7.13. The van der Waals surface area contributed by atoms with Gasteiger partial charge in [-0.25, -0.2) is 0 Å². The highest BCUT2D eigenvalue weighted by Crippen LogP contribution is 2.60. The molecule has 0 bridgehead atoms. The number of fused-ring (bicyclic) bond motifs is 1. The Kier molecular flexibility index (Phi) is 9.46. The summed E-state index contributed by atoms with van der Waals surface area (Å²) in [6.07, 6.45) is 19.2. The summed E-state index contributed by atoms with van der Waals surface area (Å²) in [5.41, 5.74) is 9.91. The molecule has 3 heteroatoms. The van der Waals surface area contributed by atoms with Crippen LogP contribution in [0.3, 0.4) is 0 Å². The minimum atomic E-state index is -0.534. The van der Waals surface area contributed by atoms with Crippen molar-refractivity contribution in [3.05, 3.63) is 35.5 Å². The van der Waals surface area contributed by atoms with Crippen molar-refractivity contribution < 1.29 is 9.84 Å². The van der Waals surface area contributed by atoms with Crippen LogP contribution in [0.5, 0.6) is 0 Å². The monoisotopic (exact) mass is 457 g/mol. The Morgan fingerprint density at radius 1 is 1.21 bits per heavy atom. The average Bonchev–Trinajstić information content (AvgIpc) is 3.10. The van der Waals surface area contributed by atoms with E-state index in [0.29, 0.717) is 18.1 Å². The first-order chi connectivity index (χ1) is 15.6. The van der Waals surface area contributed by atoms with Crippen LogP contribution in [-0.4, -0.2) is 30.0 Å². The highest BCUT2D eigenvalue weighted by atomic mass is 16.5. The van der Waals surface area contributed by atoms with Crippen molar-refractivity contribution in [2.75, 3.05) is 13.2 Å². The molecule has 0 spiro atoms. The number of rotatable bonds is 10. The maximum absolute atomic E-state index is 10.1. The van der Waals surface area contributed by atoms with Crippen molar-refractivity contribution in [2.24, 2.45) is 28.9 Å². The third-order valence-electron chi connectivity index (χ3n) is 9.04. The third kappa shape index (κ3) is 7.05. The molecule has 0 amide bonds. The predicted octanol–water partition coefficient (Wildman–Crippen LogP) is 7.11. The van der Waals surface area contributed by atoms with E-state index in [1.807, 2.05) is 13.8 Å². The summed E-state index contributed by atoms with van der Waals surface area (Å²) in [7, 11) is 0. The summed E-state index contributed by atoms with van der Waals surface area (Å²) in [6, 6.07) is 0. The quantitative estimate of drug-likeness (QED) is 0.344. The molecule has 3 fully saturated rings. The van der Waals surface area contributed by atoms with E-state index in [1.54, 1.807) is 5.57 Å². The van der Waals surface area contributed by atoms with Gasteiger partial charge in [-0.2, -0.15) is 0 Å². The van der Waals surface area contributed by atoms with Gasteiger partial charge in [-0.1, -0.05) is 56.6 Å². The second-order valence-corrected chi connectivity index (χ2v) is 12.2. The fourth-order valence-electron chi connectivity index (χ4n) is 7.13. The van der Waals surface area contributed by atoms with Crippen LogP contribution in [0.15, 0.2) is 35.5 Å². The minimum Gasteiger partial charge on any atom is -0.390 e. The van der Waals surface area contributed by atoms with Gasteiger partial charge in [-0.3, -0.25) is 0 Å². The Labute approximate surface area is 203 Å². The summed E-state index contributed by atoms with van der Waals surface area (Å²) in [4.78, 5) is 0. The third-order valence-corrected chi connectivity index (χ3v) is 9.04. The number of nitrogens with two attached hydrogens (primary N) is 1. The SMILES string of the molecule is C=C1CC[C@@H](OCCCN)C/C1=C/C=C1\CCC[C@]2(C)[C@@H]1CC[C@H]2[C@@H](C)CCCC(C)(C)O. The molecular weight excluding hydrogens is 406 g/mol. The molecule has 0 aliphatic heterocycles. The fraction of sp³-hybridized carbons (Fsp3) is 0.800. The standard InChI is InChI=1S/C30H51NO2/c1-22-11-14-26(33-20-8-19-31)21-25(22)13-12-24-10-7-18-30(5)27(15-16-28(24)30)23(2)9-6-17-29(3,4)32/h12-13,23,26-28,32H,1,6-11,14-21,31H2,2-5H3/b24-12+,25-13-/t23-,26+,27-,28+,30-/m0/s1. The van der Waals surface area contributed by atoms with Gasteiger partial charge in [0.05, 0.1) is 11.7 Å². The maximum Gasteiger partial charge on any atom is 0.0618 e. The number of hydrogen-bond acceptors (Lipinski definition) is 3. The molecule has 3 saturated carbocycles. The van der Waals surface area contributed by atoms with Crippen molar-refractivity contribution >= 4 is 0 Å². The van der Waals surface area contributed by atoms with Crippen molar-refractivity contribution in [3.8, 4) is 0 Å². The van der Waals surface area contributed by atoms with E-state index >= 15 is 0 Å². The molecule has 3 aliphatic carbocycles. The lowest BCUT2D eigenvalue weighted by atomic mass is 9.60. The second-order valence-electron chi connectivity index (χ2n) is 12.2. The van der Waals surface area contributed by atoms with Crippen molar-refractivity contribution in [3.63, 3.8) is 0 Å². The zero-order valence-corrected chi connectivity index (χ0v) is 22.0. The first kappa shape index (κ1) is 26.7. The van der Waals surface area contributed by atoms with Gasteiger partial charge in [0, 0.05) is 6.61 Å². The van der Waals surface area contributed by atoms with E-state index in [0.717, 1.165) is 62.9 Å². The summed E-state index contributed by atoms with van der Waals surface area (Å²) >= 11 is 0. The van der Waals surface area contributed by atoms with E-state index in [1.165, 1.54) is 49.7 Å². The molecule has 3 aliphatic rings. The van der Waals surface area contributed by atoms with Crippen LogP contribution in [0.4, 0.5) is 0 Å². The van der Waals surface area contributed by atoms with Crippen molar-refractivity contribution in [1.82, 2.24) is 0 Å². The van der Waals surface area contributed by atoms with Crippen LogP contribution in [0.2, 0.25) is 0 Å². The van der Waals surface area contributed by atoms with Gasteiger partial charge in [-0.05, 0) is 113 Å². The van der Waals surface area contributed by atoms with Crippen LogP contribution < -0.4 is 5.73 Å². The van der Waals surface area contributed by atoms with Gasteiger partial charge in [0.25, 0.3) is 0 Å². The highest BCUT2D eigenvalue weighted by molar-refractivity contribution is 5.36. The molecule has 0 aromatic carbocycles. The molecule has 188 valence electrons. The number of allylic oxidation sites excluding steroid dienone is 4. The molecule has 0 aromatic rings. The molecule has 3 nitrogen and oxygen atoms in total. The Morgan fingerprint density at radius 3 is 2.73 bits per heavy atom. The largest absolute Gasteiger partial charge is 0.390 e. The van der Waals surface area contributed by atoms with Gasteiger partial charge in [-0.15, -0.1) is 0 Å². The Bertz CT molecular complexity index is 715. The summed E-state index contributed by atoms with van der Waals surface area (Å²) < 4.78 is 6.07. The van der Waals surface area contributed by atoms with Crippen LogP contribution in [0.1, 0.15) is 105 Å². The van der Waals surface area contributed by atoms with Crippen LogP contribution in [-0.2, 0) is 4.74 Å². The molecule has 3 rings (SSSR count). The van der Waals surface area contributed by atoms with E-state index in [2.05, 4.69) is 32.6 Å². The number of hydrogen-bond donors (Lipinski definition) is 2. The molecule has 0 saturated heterocycles. The molecule has 0 unspecified atom stereocenters. The molecule has 0 radical (unpaired) electrons. The Hall–Kier alpha value is -0.900. The average molecular weight is 458 g/mol. The normalized spacial score (nSPS) is 34.1. The summed E-state index contributed by atoms with van der Waals surface area (Å²) in [5, 5.41) is 10.1. The van der Waals surface area contributed by atoms with Crippen molar-refractivity contribution in [1.29, 1.82) is 0 Å². The van der Waals surface area contributed by atoms with Gasteiger partial charge >= 0.3 is 0 Å². The number of aliphatic hydroxyl groups is 1. The molecule has 3 N–H and O–H groups in total. The Morgan fingerprint density at radius 2 is 2.00 bits per heavy atom.